The van der Waals surface area contributed by atoms with Crippen LogP contribution in [-0.2, 0) is 9.53 Å². The number of aromatic nitrogens is 2. The monoisotopic (exact) mass is 353 g/mol. The Hall–Kier alpha value is -3.09. The lowest BCUT2D eigenvalue weighted by Gasteiger charge is -2.31. The van der Waals surface area contributed by atoms with Crippen LogP contribution in [0.1, 0.15) is 53.6 Å². The first kappa shape index (κ1) is 16.4. The summed E-state index contributed by atoms with van der Waals surface area (Å²) in [4.78, 5) is 36.8. The van der Waals surface area contributed by atoms with Gasteiger partial charge in [0.05, 0.1) is 17.7 Å². The van der Waals surface area contributed by atoms with Crippen LogP contribution in [0.2, 0.25) is 0 Å². The van der Waals surface area contributed by atoms with E-state index in [0.29, 0.717) is 35.5 Å². The van der Waals surface area contributed by atoms with Gasteiger partial charge in [-0.05, 0) is 37.5 Å². The molecule has 0 bridgehead atoms. The van der Waals surface area contributed by atoms with Gasteiger partial charge in [-0.2, -0.15) is 0 Å². The summed E-state index contributed by atoms with van der Waals surface area (Å²) in [6, 6.07) is 6.91. The zero-order valence-corrected chi connectivity index (χ0v) is 14.3. The molecule has 4 rings (SSSR count). The fourth-order valence-corrected chi connectivity index (χ4v) is 3.72. The van der Waals surface area contributed by atoms with E-state index in [9.17, 15) is 14.4 Å². The van der Waals surface area contributed by atoms with Gasteiger partial charge >= 0.3 is 5.97 Å². The summed E-state index contributed by atoms with van der Waals surface area (Å²) >= 11 is 0. The van der Waals surface area contributed by atoms with Gasteiger partial charge in [0.15, 0.2) is 5.78 Å². The van der Waals surface area contributed by atoms with Crippen LogP contribution >= 0.6 is 0 Å². The molecule has 7 heteroatoms. The minimum Gasteiger partial charge on any atom is -0.462 e. The lowest BCUT2D eigenvalue weighted by molar-refractivity contribution is -0.116. The molecule has 0 unspecified atom stereocenters. The molecule has 0 radical (unpaired) electrons. The molecule has 1 aromatic heterocycles. The molecule has 1 aliphatic heterocycles. The Labute approximate surface area is 149 Å². The number of carbonyl (C=O) groups is 2. The molecule has 0 fully saturated rings. The predicted molar refractivity (Wildman–Crippen MR) is 95.2 cm³/mol. The maximum absolute atomic E-state index is 12.6. The van der Waals surface area contributed by atoms with Gasteiger partial charge in [-0.3, -0.25) is 19.8 Å². The van der Waals surface area contributed by atoms with Gasteiger partial charge in [0.1, 0.15) is 5.82 Å². The number of nitrogens with one attached hydrogen (secondary N) is 3. The number of H-pyrrole nitrogens is 2. The number of ether oxygens (including phenoxy) is 1. The van der Waals surface area contributed by atoms with Crippen molar-refractivity contribution in [1.82, 2.24) is 10.2 Å². The second-order valence-corrected chi connectivity index (χ2v) is 6.44. The molecule has 2 aliphatic rings. The summed E-state index contributed by atoms with van der Waals surface area (Å²) < 4.78 is 5.01. The number of aromatic amines is 2. The Morgan fingerprint density at radius 3 is 2.65 bits per heavy atom. The lowest BCUT2D eigenvalue weighted by Crippen LogP contribution is -2.29. The van der Waals surface area contributed by atoms with Crippen molar-refractivity contribution in [2.24, 2.45) is 0 Å². The van der Waals surface area contributed by atoms with Crippen LogP contribution < -0.4 is 10.9 Å². The van der Waals surface area contributed by atoms with Crippen molar-refractivity contribution >= 4 is 17.6 Å². The number of hydrogen-bond donors (Lipinski definition) is 3. The Balaban J connectivity index is 1.81. The maximum Gasteiger partial charge on any atom is 0.338 e. The van der Waals surface area contributed by atoms with E-state index in [1.165, 1.54) is 0 Å². The molecule has 2 heterocycles. The summed E-state index contributed by atoms with van der Waals surface area (Å²) in [6.45, 7) is 2.06. The first-order valence-electron chi connectivity index (χ1n) is 8.71. The van der Waals surface area contributed by atoms with E-state index in [0.717, 1.165) is 24.1 Å². The topological polar surface area (TPSA) is 104 Å². The van der Waals surface area contributed by atoms with Crippen molar-refractivity contribution in [1.29, 1.82) is 0 Å². The molecule has 134 valence electrons. The number of ketones is 1. The Bertz CT molecular complexity index is 965. The van der Waals surface area contributed by atoms with Crippen molar-refractivity contribution in [2.75, 3.05) is 11.9 Å². The van der Waals surface area contributed by atoms with Gasteiger partial charge in [0.25, 0.3) is 5.56 Å². The highest BCUT2D eigenvalue weighted by Gasteiger charge is 2.37. The quantitative estimate of drug-likeness (QED) is 0.735. The number of Topliss-reactive ketones (excluding diaryl/α,β-unsaturated/α-hetero) is 1. The van der Waals surface area contributed by atoms with Gasteiger partial charge < -0.3 is 10.1 Å². The van der Waals surface area contributed by atoms with Crippen molar-refractivity contribution in [3.05, 3.63) is 62.6 Å². The van der Waals surface area contributed by atoms with Crippen LogP contribution in [-0.4, -0.2) is 28.6 Å². The smallest absolute Gasteiger partial charge is 0.338 e. The summed E-state index contributed by atoms with van der Waals surface area (Å²) in [5.74, 6) is -0.175. The molecule has 7 nitrogen and oxygen atoms in total. The van der Waals surface area contributed by atoms with E-state index in [4.69, 9.17) is 4.74 Å². The predicted octanol–water partition coefficient (Wildman–Crippen LogP) is 2.44. The first-order valence-corrected chi connectivity index (χ1v) is 8.71. The average molecular weight is 353 g/mol. The number of rotatable bonds is 3. The third-order valence-corrected chi connectivity index (χ3v) is 4.88. The van der Waals surface area contributed by atoms with Crippen LogP contribution in [0.5, 0.6) is 0 Å². The molecule has 3 N–H and O–H groups in total. The molecule has 0 spiro atoms. The highest BCUT2D eigenvalue weighted by molar-refractivity contribution is 6.01. The van der Waals surface area contributed by atoms with Crippen molar-refractivity contribution in [3.8, 4) is 0 Å². The number of carbonyl (C=O) groups excluding carboxylic acids is 2. The van der Waals surface area contributed by atoms with Crippen LogP contribution in [0.15, 0.2) is 40.3 Å². The van der Waals surface area contributed by atoms with Gasteiger partial charge in [-0.15, -0.1) is 0 Å². The fourth-order valence-electron chi connectivity index (χ4n) is 3.72. The Morgan fingerprint density at radius 2 is 1.92 bits per heavy atom. The summed E-state index contributed by atoms with van der Waals surface area (Å²) in [6.07, 6.45) is 2.05. The molecular weight excluding hydrogens is 334 g/mol. The molecule has 0 amide bonds. The van der Waals surface area contributed by atoms with Gasteiger partial charge in [-0.25, -0.2) is 4.79 Å². The first-order chi connectivity index (χ1) is 12.6. The zero-order valence-electron chi connectivity index (χ0n) is 14.3. The van der Waals surface area contributed by atoms with Crippen molar-refractivity contribution < 1.29 is 14.3 Å². The van der Waals surface area contributed by atoms with Gasteiger partial charge in [-0.1, -0.05) is 12.1 Å². The Morgan fingerprint density at radius 1 is 1.15 bits per heavy atom. The van der Waals surface area contributed by atoms with Crippen molar-refractivity contribution in [3.63, 3.8) is 0 Å². The number of benzene rings is 1. The number of allylic oxidation sites excluding steroid dienone is 2. The number of hydrogen-bond acceptors (Lipinski definition) is 5. The fraction of sp³-hybridized carbons (Fsp3) is 0.316. The standard InChI is InChI=1S/C19H19N3O4/c1-2-26-19(25)11-8-6-10(7-9-11)14-15-12(4-3-5-13(15)23)20-17-16(14)18(24)22-21-17/h6-9,14H,2-5H2,1H3,(H3,20,21,22,24)/t14-/m0/s1. The molecule has 26 heavy (non-hydrogen) atoms. The minimum absolute atomic E-state index is 0.0597. The van der Waals surface area contributed by atoms with E-state index in [1.54, 1.807) is 31.2 Å². The van der Waals surface area contributed by atoms with Crippen LogP contribution in [0.25, 0.3) is 0 Å². The zero-order chi connectivity index (χ0) is 18.3. The van der Waals surface area contributed by atoms with E-state index in [-0.39, 0.29) is 11.3 Å². The molecule has 2 aromatic rings. The minimum atomic E-state index is -0.444. The third-order valence-electron chi connectivity index (χ3n) is 4.88. The van der Waals surface area contributed by atoms with Crippen LogP contribution in [0.4, 0.5) is 5.82 Å². The van der Waals surface area contributed by atoms with E-state index < -0.39 is 11.9 Å². The molecule has 0 saturated carbocycles. The molecular formula is C19H19N3O4. The number of esters is 1. The van der Waals surface area contributed by atoms with Gasteiger partial charge in [0.2, 0.25) is 0 Å². The maximum atomic E-state index is 12.6. The highest BCUT2D eigenvalue weighted by Crippen LogP contribution is 2.43. The lowest BCUT2D eigenvalue weighted by atomic mass is 9.77. The van der Waals surface area contributed by atoms with Crippen LogP contribution in [0.3, 0.4) is 0 Å². The average Bonchev–Trinajstić information content (AvgIpc) is 3.01. The Kier molecular flexibility index (Phi) is 3.99. The third kappa shape index (κ3) is 2.56. The molecule has 0 saturated heterocycles. The second-order valence-electron chi connectivity index (χ2n) is 6.44. The van der Waals surface area contributed by atoms with E-state index in [2.05, 4.69) is 15.5 Å². The SMILES string of the molecule is CCOC(=O)c1ccc([C@H]2C3=C(CCCC3=O)Nc3[nH][nH]c(=O)c32)cc1. The van der Waals surface area contributed by atoms with E-state index >= 15 is 0 Å². The number of fused-ring (bicyclic) bond motifs is 1. The molecule has 1 aliphatic carbocycles. The largest absolute Gasteiger partial charge is 0.462 e. The second kappa shape index (κ2) is 6.33. The summed E-state index contributed by atoms with van der Waals surface area (Å²) in [7, 11) is 0. The summed E-state index contributed by atoms with van der Waals surface area (Å²) in [5, 5.41) is 8.64. The summed E-state index contributed by atoms with van der Waals surface area (Å²) in [5.41, 5.74) is 3.01. The van der Waals surface area contributed by atoms with E-state index in [1.807, 2.05) is 0 Å². The highest BCUT2D eigenvalue weighted by atomic mass is 16.5. The van der Waals surface area contributed by atoms with Gasteiger partial charge in [0, 0.05) is 23.6 Å². The van der Waals surface area contributed by atoms with Crippen molar-refractivity contribution in [2.45, 2.75) is 32.1 Å². The number of anilines is 1. The molecule has 1 aromatic carbocycles. The normalized spacial score (nSPS) is 18.8. The molecule has 1 atom stereocenters. The van der Waals surface area contributed by atoms with Crippen LogP contribution in [0, 0.1) is 0 Å².